The molecule has 2 aromatic carbocycles. The Morgan fingerprint density at radius 1 is 1.14 bits per heavy atom. The Kier molecular flexibility index (Phi) is 6.60. The largest absolute Gasteiger partial charge is 0.487 e. The van der Waals surface area contributed by atoms with Crippen molar-refractivity contribution in [3.63, 3.8) is 0 Å². The molecule has 0 unspecified atom stereocenters. The predicted molar refractivity (Wildman–Crippen MR) is 99.9 cm³/mol. The van der Waals surface area contributed by atoms with Gasteiger partial charge < -0.3 is 4.74 Å². The summed E-state index contributed by atoms with van der Waals surface area (Å²) < 4.78 is 29.6. The third-order valence-electron chi connectivity index (χ3n) is 3.37. The Morgan fingerprint density at radius 3 is 2.54 bits per heavy atom. The van der Waals surface area contributed by atoms with Gasteiger partial charge in [0.25, 0.3) is 15.7 Å². The fourth-order valence-corrected chi connectivity index (χ4v) is 2.91. The second-order valence-corrected chi connectivity index (χ2v) is 7.10. The van der Waals surface area contributed by atoms with Crippen molar-refractivity contribution in [3.8, 4) is 5.75 Å². The van der Waals surface area contributed by atoms with E-state index >= 15 is 0 Å². The molecule has 0 spiro atoms. The SMILES string of the molecule is CCCOc1ccc(/C=N/NS(=O)(=O)c2cccc([N+](=O)[O-])c2)cc1[N+](=O)[O-]. The third kappa shape index (κ3) is 5.23. The van der Waals surface area contributed by atoms with Gasteiger partial charge in [-0.3, -0.25) is 20.2 Å². The molecule has 28 heavy (non-hydrogen) atoms. The number of hydrogen-bond donors (Lipinski definition) is 1. The summed E-state index contributed by atoms with van der Waals surface area (Å²) >= 11 is 0. The van der Waals surface area contributed by atoms with Crippen molar-refractivity contribution in [2.75, 3.05) is 6.61 Å². The number of hydrogen-bond acceptors (Lipinski definition) is 8. The summed E-state index contributed by atoms with van der Waals surface area (Å²) in [6.45, 7) is 2.18. The van der Waals surface area contributed by atoms with Gasteiger partial charge in [-0.2, -0.15) is 13.5 Å². The maximum Gasteiger partial charge on any atom is 0.311 e. The lowest BCUT2D eigenvalue weighted by Gasteiger charge is -2.06. The van der Waals surface area contributed by atoms with Crippen molar-refractivity contribution in [1.82, 2.24) is 4.83 Å². The Bertz CT molecular complexity index is 1020. The first-order valence-electron chi connectivity index (χ1n) is 7.95. The zero-order valence-electron chi connectivity index (χ0n) is 14.6. The van der Waals surface area contributed by atoms with Crippen LogP contribution in [0, 0.1) is 20.2 Å². The molecule has 0 aliphatic rings. The van der Waals surface area contributed by atoms with Crippen LogP contribution in [0.15, 0.2) is 52.5 Å². The molecule has 0 aliphatic heterocycles. The molecule has 2 rings (SSSR count). The van der Waals surface area contributed by atoms with Crippen molar-refractivity contribution < 1.29 is 23.0 Å². The van der Waals surface area contributed by atoms with E-state index in [0.717, 1.165) is 18.3 Å². The number of non-ortho nitro benzene ring substituents is 1. The first-order chi connectivity index (χ1) is 13.2. The predicted octanol–water partition coefficient (Wildman–Crippen LogP) is 2.60. The molecular formula is C16H16N4O7S. The van der Waals surface area contributed by atoms with E-state index < -0.39 is 19.9 Å². The molecule has 0 saturated heterocycles. The zero-order valence-corrected chi connectivity index (χ0v) is 15.5. The molecule has 0 aromatic heterocycles. The van der Waals surface area contributed by atoms with Gasteiger partial charge in [0.05, 0.1) is 27.6 Å². The summed E-state index contributed by atoms with van der Waals surface area (Å²) in [4.78, 5) is 22.1. The highest BCUT2D eigenvalue weighted by Crippen LogP contribution is 2.27. The van der Waals surface area contributed by atoms with Crippen LogP contribution in [0.25, 0.3) is 0 Å². The molecule has 2 aromatic rings. The van der Waals surface area contributed by atoms with Gasteiger partial charge in [0.1, 0.15) is 0 Å². The lowest BCUT2D eigenvalue weighted by Crippen LogP contribution is -2.18. The monoisotopic (exact) mass is 408 g/mol. The molecule has 0 saturated carbocycles. The number of nitro benzene ring substituents is 2. The van der Waals surface area contributed by atoms with Gasteiger partial charge in [0, 0.05) is 23.8 Å². The molecule has 0 fully saturated rings. The molecule has 0 bridgehead atoms. The van der Waals surface area contributed by atoms with E-state index in [0.29, 0.717) is 13.0 Å². The number of nitrogens with zero attached hydrogens (tertiary/aromatic N) is 3. The number of sulfonamides is 1. The lowest BCUT2D eigenvalue weighted by molar-refractivity contribution is -0.385. The summed E-state index contributed by atoms with van der Waals surface area (Å²) in [5.74, 6) is 0.0983. The highest BCUT2D eigenvalue weighted by Gasteiger charge is 2.17. The lowest BCUT2D eigenvalue weighted by atomic mass is 10.2. The third-order valence-corrected chi connectivity index (χ3v) is 4.59. The minimum Gasteiger partial charge on any atom is -0.487 e. The summed E-state index contributed by atoms with van der Waals surface area (Å²) in [6, 6.07) is 8.51. The maximum absolute atomic E-state index is 12.2. The smallest absolute Gasteiger partial charge is 0.311 e. The molecule has 0 aliphatic carbocycles. The number of rotatable bonds is 9. The van der Waals surface area contributed by atoms with E-state index in [9.17, 15) is 28.6 Å². The van der Waals surface area contributed by atoms with Gasteiger partial charge in [-0.15, -0.1) is 0 Å². The summed E-state index contributed by atoms with van der Waals surface area (Å²) in [6.07, 6.45) is 1.76. The van der Waals surface area contributed by atoms with Crippen LogP contribution in [-0.2, 0) is 10.0 Å². The van der Waals surface area contributed by atoms with E-state index in [1.54, 1.807) is 0 Å². The Balaban J connectivity index is 2.19. The first-order valence-corrected chi connectivity index (χ1v) is 9.43. The Hall–Kier alpha value is -3.54. The van der Waals surface area contributed by atoms with Crippen LogP contribution >= 0.6 is 0 Å². The number of ether oxygens (including phenoxy) is 1. The molecule has 0 atom stereocenters. The molecule has 0 amide bonds. The molecule has 12 heteroatoms. The number of hydrazone groups is 1. The van der Waals surface area contributed by atoms with E-state index in [-0.39, 0.29) is 27.6 Å². The van der Waals surface area contributed by atoms with Gasteiger partial charge in [-0.05, 0) is 24.6 Å². The minimum absolute atomic E-state index is 0.0983. The second-order valence-electron chi connectivity index (χ2n) is 5.44. The van der Waals surface area contributed by atoms with Crippen molar-refractivity contribution in [3.05, 3.63) is 68.3 Å². The van der Waals surface area contributed by atoms with Crippen LogP contribution < -0.4 is 9.57 Å². The summed E-state index contributed by atoms with van der Waals surface area (Å²) in [5, 5.41) is 25.5. The number of benzene rings is 2. The van der Waals surface area contributed by atoms with Crippen molar-refractivity contribution >= 4 is 27.6 Å². The van der Waals surface area contributed by atoms with E-state index in [1.165, 1.54) is 30.3 Å². The van der Waals surface area contributed by atoms with E-state index in [1.807, 2.05) is 11.8 Å². The topological polar surface area (TPSA) is 154 Å². The normalized spacial score (nSPS) is 11.3. The Labute approximate surface area is 160 Å². The van der Waals surface area contributed by atoms with E-state index in [4.69, 9.17) is 4.74 Å². The molecule has 148 valence electrons. The second kappa shape index (κ2) is 8.90. The van der Waals surface area contributed by atoms with Gasteiger partial charge in [-0.1, -0.05) is 13.0 Å². The Morgan fingerprint density at radius 2 is 1.89 bits per heavy atom. The molecule has 0 radical (unpaired) electrons. The van der Waals surface area contributed by atoms with Crippen LogP contribution in [0.2, 0.25) is 0 Å². The number of nitro groups is 2. The molecule has 0 heterocycles. The quantitative estimate of drug-likeness (QED) is 0.380. The maximum atomic E-state index is 12.2. The number of nitrogens with one attached hydrogen (secondary N) is 1. The molecule has 11 nitrogen and oxygen atoms in total. The average molecular weight is 408 g/mol. The van der Waals surface area contributed by atoms with Crippen LogP contribution in [0.4, 0.5) is 11.4 Å². The van der Waals surface area contributed by atoms with Gasteiger partial charge >= 0.3 is 5.69 Å². The molecular weight excluding hydrogens is 392 g/mol. The van der Waals surface area contributed by atoms with Crippen LogP contribution in [0.1, 0.15) is 18.9 Å². The van der Waals surface area contributed by atoms with Crippen molar-refractivity contribution in [1.29, 1.82) is 0 Å². The van der Waals surface area contributed by atoms with Crippen molar-refractivity contribution in [2.24, 2.45) is 5.10 Å². The van der Waals surface area contributed by atoms with Gasteiger partial charge in [0.2, 0.25) is 0 Å². The van der Waals surface area contributed by atoms with Gasteiger partial charge in [0.15, 0.2) is 5.75 Å². The fraction of sp³-hybridized carbons (Fsp3) is 0.188. The average Bonchev–Trinajstić information content (AvgIpc) is 2.66. The first kappa shape index (κ1) is 20.8. The van der Waals surface area contributed by atoms with Crippen molar-refractivity contribution in [2.45, 2.75) is 18.2 Å². The standard InChI is InChI=1S/C16H16N4O7S/c1-2-8-27-16-7-6-12(9-15(16)20(23)24)11-17-18-28(25,26)14-5-3-4-13(10-14)19(21)22/h3-7,9-11,18H,2,8H2,1H3/b17-11+. The molecule has 1 N–H and O–H groups in total. The minimum atomic E-state index is -4.14. The van der Waals surface area contributed by atoms with Crippen LogP contribution in [0.3, 0.4) is 0 Å². The highest BCUT2D eigenvalue weighted by molar-refractivity contribution is 7.89. The van der Waals surface area contributed by atoms with E-state index in [2.05, 4.69) is 5.10 Å². The summed E-state index contributed by atoms with van der Waals surface area (Å²) in [7, 11) is -4.14. The van der Waals surface area contributed by atoms with Crippen LogP contribution in [-0.4, -0.2) is 31.1 Å². The highest BCUT2D eigenvalue weighted by atomic mass is 32.2. The summed E-state index contributed by atoms with van der Waals surface area (Å²) in [5.41, 5.74) is -0.402. The fourth-order valence-electron chi connectivity index (χ4n) is 2.08. The zero-order chi connectivity index (χ0) is 20.7. The van der Waals surface area contributed by atoms with Gasteiger partial charge in [-0.25, -0.2) is 4.83 Å². The van der Waals surface area contributed by atoms with Crippen LogP contribution in [0.5, 0.6) is 5.75 Å².